The van der Waals surface area contributed by atoms with Gasteiger partial charge in [-0.3, -0.25) is 9.35 Å². The molecule has 0 saturated carbocycles. The van der Waals surface area contributed by atoms with Crippen LogP contribution in [0.15, 0.2) is 65.6 Å². The van der Waals surface area contributed by atoms with Gasteiger partial charge in [0.1, 0.15) is 4.90 Å². The van der Waals surface area contributed by atoms with Crippen LogP contribution in [0.5, 0.6) is 0 Å². The maximum Gasteiger partial charge on any atom is 0.296 e. The summed E-state index contributed by atoms with van der Waals surface area (Å²) in [5, 5.41) is 3.93. The van der Waals surface area contributed by atoms with E-state index in [1.54, 1.807) is 49.4 Å². The molecule has 0 aliphatic carbocycles. The maximum atomic E-state index is 12.6. The van der Waals surface area contributed by atoms with Crippen molar-refractivity contribution in [2.45, 2.75) is 11.8 Å². The van der Waals surface area contributed by atoms with Gasteiger partial charge in [0.05, 0.1) is 5.69 Å². The van der Waals surface area contributed by atoms with Crippen LogP contribution in [0.25, 0.3) is 10.8 Å². The first-order valence-electron chi connectivity index (χ1n) is 7.24. The summed E-state index contributed by atoms with van der Waals surface area (Å²) in [6, 6.07) is 16.9. The summed E-state index contributed by atoms with van der Waals surface area (Å²) in [6.07, 6.45) is 0. The van der Waals surface area contributed by atoms with Crippen LogP contribution in [0.1, 0.15) is 15.9 Å². The fraction of sp³-hybridized carbons (Fsp3) is 0.0556. The summed E-state index contributed by atoms with van der Waals surface area (Å²) in [4.78, 5) is 12.2. The minimum absolute atomic E-state index is 0.0730. The van der Waals surface area contributed by atoms with Gasteiger partial charge in [0.2, 0.25) is 0 Å². The summed E-state index contributed by atoms with van der Waals surface area (Å²) in [6.45, 7) is 1.79. The standard InChI is InChI=1S/C18H15NO4S/c1-12-6-2-4-8-14(12)18(20)19-17-15-9-5-3-7-13(15)10-11-16(17)24(21,22)23/h2-11H,1H3,(H,19,20)(H,21,22,23). The highest BCUT2D eigenvalue weighted by Crippen LogP contribution is 2.31. The van der Waals surface area contributed by atoms with E-state index in [-0.39, 0.29) is 10.6 Å². The van der Waals surface area contributed by atoms with Gasteiger partial charge in [-0.25, -0.2) is 0 Å². The summed E-state index contributed by atoms with van der Waals surface area (Å²) < 4.78 is 32.9. The van der Waals surface area contributed by atoms with Gasteiger partial charge in [-0.2, -0.15) is 8.42 Å². The molecule has 0 aliphatic heterocycles. The Morgan fingerprint density at radius 1 is 0.958 bits per heavy atom. The number of amides is 1. The Kier molecular flexibility index (Phi) is 4.09. The topological polar surface area (TPSA) is 83.5 Å². The zero-order valence-corrected chi connectivity index (χ0v) is 13.7. The first kappa shape index (κ1) is 16.2. The predicted molar refractivity (Wildman–Crippen MR) is 92.9 cm³/mol. The zero-order valence-electron chi connectivity index (χ0n) is 12.9. The molecule has 0 saturated heterocycles. The van der Waals surface area contributed by atoms with Gasteiger partial charge in [0, 0.05) is 10.9 Å². The number of nitrogens with one attached hydrogen (secondary N) is 1. The van der Waals surface area contributed by atoms with Crippen LogP contribution in [0.3, 0.4) is 0 Å². The highest BCUT2D eigenvalue weighted by molar-refractivity contribution is 7.86. The molecule has 3 aromatic carbocycles. The molecule has 0 unspecified atom stereocenters. The molecule has 0 heterocycles. The van der Waals surface area contributed by atoms with E-state index >= 15 is 0 Å². The molecule has 0 radical (unpaired) electrons. The first-order valence-corrected chi connectivity index (χ1v) is 8.68. The predicted octanol–water partition coefficient (Wildman–Crippen LogP) is 3.65. The molecule has 6 heteroatoms. The van der Waals surface area contributed by atoms with Crippen molar-refractivity contribution in [2.24, 2.45) is 0 Å². The van der Waals surface area contributed by atoms with Crippen LogP contribution < -0.4 is 5.32 Å². The van der Waals surface area contributed by atoms with Crippen LogP contribution in [0.2, 0.25) is 0 Å². The molecule has 0 aliphatic rings. The Morgan fingerprint density at radius 3 is 2.33 bits per heavy atom. The van der Waals surface area contributed by atoms with E-state index in [1.165, 1.54) is 6.07 Å². The van der Waals surface area contributed by atoms with E-state index in [0.29, 0.717) is 10.9 Å². The fourth-order valence-electron chi connectivity index (χ4n) is 2.60. The molecule has 122 valence electrons. The smallest absolute Gasteiger partial charge is 0.296 e. The van der Waals surface area contributed by atoms with Crippen molar-refractivity contribution < 1.29 is 17.8 Å². The second-order valence-electron chi connectivity index (χ2n) is 5.40. The van der Waals surface area contributed by atoms with Crippen LogP contribution in [-0.2, 0) is 10.1 Å². The Balaban J connectivity index is 2.17. The number of hydrogen-bond acceptors (Lipinski definition) is 3. The molecule has 3 rings (SSSR count). The summed E-state index contributed by atoms with van der Waals surface area (Å²) in [5.74, 6) is -0.436. The second-order valence-corrected chi connectivity index (χ2v) is 6.79. The lowest BCUT2D eigenvalue weighted by Crippen LogP contribution is -2.16. The molecule has 0 atom stereocenters. The molecule has 24 heavy (non-hydrogen) atoms. The summed E-state index contributed by atoms with van der Waals surface area (Å²) in [5.41, 5.74) is 1.28. The Labute approximate surface area is 139 Å². The Hall–Kier alpha value is -2.70. The van der Waals surface area contributed by atoms with Gasteiger partial charge < -0.3 is 5.32 Å². The number of fused-ring (bicyclic) bond motifs is 1. The van der Waals surface area contributed by atoms with E-state index in [1.807, 2.05) is 12.1 Å². The highest BCUT2D eigenvalue weighted by Gasteiger charge is 2.20. The number of carbonyl (C=O) groups is 1. The largest absolute Gasteiger partial charge is 0.320 e. The lowest BCUT2D eigenvalue weighted by atomic mass is 10.1. The van der Waals surface area contributed by atoms with Crippen LogP contribution in [0.4, 0.5) is 5.69 Å². The lowest BCUT2D eigenvalue weighted by molar-refractivity contribution is 0.102. The molecule has 0 bridgehead atoms. The van der Waals surface area contributed by atoms with E-state index in [0.717, 1.165) is 10.9 Å². The van der Waals surface area contributed by atoms with Crippen LogP contribution in [0, 0.1) is 6.92 Å². The van der Waals surface area contributed by atoms with Gasteiger partial charge in [-0.1, -0.05) is 48.5 Å². The minimum atomic E-state index is -4.48. The summed E-state index contributed by atoms with van der Waals surface area (Å²) in [7, 11) is -4.48. The molecule has 1 amide bonds. The van der Waals surface area contributed by atoms with Gasteiger partial charge in [0.25, 0.3) is 16.0 Å². The quantitative estimate of drug-likeness (QED) is 0.712. The third-order valence-corrected chi connectivity index (χ3v) is 4.69. The number of benzene rings is 3. The monoisotopic (exact) mass is 341 g/mol. The molecule has 5 nitrogen and oxygen atoms in total. The third-order valence-electron chi connectivity index (χ3n) is 3.80. The average Bonchev–Trinajstić information content (AvgIpc) is 2.54. The van der Waals surface area contributed by atoms with Gasteiger partial charge in [-0.15, -0.1) is 0 Å². The van der Waals surface area contributed by atoms with Crippen LogP contribution >= 0.6 is 0 Å². The van der Waals surface area contributed by atoms with Crippen molar-refractivity contribution in [1.82, 2.24) is 0 Å². The van der Waals surface area contributed by atoms with E-state index in [2.05, 4.69) is 5.32 Å². The van der Waals surface area contributed by atoms with Gasteiger partial charge in [0.15, 0.2) is 0 Å². The zero-order chi connectivity index (χ0) is 17.3. The molecule has 0 aromatic heterocycles. The fourth-order valence-corrected chi connectivity index (χ4v) is 3.26. The average molecular weight is 341 g/mol. The van der Waals surface area contributed by atoms with Crippen molar-refractivity contribution in [3.8, 4) is 0 Å². The number of aryl methyl sites for hydroxylation is 1. The van der Waals surface area contributed by atoms with E-state index in [4.69, 9.17) is 0 Å². The maximum absolute atomic E-state index is 12.6. The van der Waals surface area contributed by atoms with Crippen molar-refractivity contribution in [1.29, 1.82) is 0 Å². The van der Waals surface area contributed by atoms with E-state index in [9.17, 15) is 17.8 Å². The van der Waals surface area contributed by atoms with Gasteiger partial charge in [-0.05, 0) is 30.0 Å². The normalized spacial score (nSPS) is 11.4. The number of hydrogen-bond donors (Lipinski definition) is 2. The number of anilines is 1. The number of carbonyl (C=O) groups excluding carboxylic acids is 1. The summed E-state index contributed by atoms with van der Waals surface area (Å²) >= 11 is 0. The lowest BCUT2D eigenvalue weighted by Gasteiger charge is -2.13. The van der Waals surface area contributed by atoms with Crippen molar-refractivity contribution in [2.75, 3.05) is 5.32 Å². The molecule has 0 fully saturated rings. The van der Waals surface area contributed by atoms with Crippen molar-refractivity contribution >= 4 is 32.5 Å². The molecule has 2 N–H and O–H groups in total. The highest BCUT2D eigenvalue weighted by atomic mass is 32.2. The van der Waals surface area contributed by atoms with E-state index < -0.39 is 16.0 Å². The second kappa shape index (κ2) is 6.07. The minimum Gasteiger partial charge on any atom is -0.320 e. The van der Waals surface area contributed by atoms with Crippen molar-refractivity contribution in [3.63, 3.8) is 0 Å². The first-order chi connectivity index (χ1) is 11.4. The van der Waals surface area contributed by atoms with Crippen molar-refractivity contribution in [3.05, 3.63) is 71.8 Å². The van der Waals surface area contributed by atoms with Crippen LogP contribution in [-0.4, -0.2) is 18.9 Å². The number of rotatable bonds is 3. The molecule has 3 aromatic rings. The SMILES string of the molecule is Cc1ccccc1C(=O)Nc1c(S(=O)(=O)O)ccc2ccccc12. The Morgan fingerprint density at radius 2 is 1.62 bits per heavy atom. The van der Waals surface area contributed by atoms with Gasteiger partial charge >= 0.3 is 0 Å². The Bertz CT molecular complexity index is 1040. The molecular weight excluding hydrogens is 326 g/mol. The molecule has 0 spiro atoms. The molecular formula is C18H15NO4S. The third kappa shape index (κ3) is 3.02.